The summed E-state index contributed by atoms with van der Waals surface area (Å²) in [6.07, 6.45) is 0.970. The number of nitrogens with one attached hydrogen (secondary N) is 1. The van der Waals surface area contributed by atoms with Crippen molar-refractivity contribution in [2.24, 2.45) is 0 Å². The van der Waals surface area contributed by atoms with E-state index in [2.05, 4.69) is 28.2 Å². The zero-order chi connectivity index (χ0) is 14.5. The van der Waals surface area contributed by atoms with Gasteiger partial charge in [-0.1, -0.05) is 46.6 Å². The number of anilines is 1. The highest BCUT2D eigenvalue weighted by Crippen LogP contribution is 2.32. The van der Waals surface area contributed by atoms with E-state index in [1.807, 2.05) is 42.5 Å². The molecule has 1 N–H and O–H groups in total. The standard InChI is InChI=1S/C16H17BrClNO/c1-3-14(11-4-7-13(18)8-5-11)19-15-10-12(17)6-9-16(15)20-2/h4-10,14,19H,3H2,1-2H3. The molecule has 0 heterocycles. The summed E-state index contributed by atoms with van der Waals surface area (Å²) in [7, 11) is 1.68. The number of halogens is 2. The summed E-state index contributed by atoms with van der Waals surface area (Å²) < 4.78 is 6.42. The van der Waals surface area contributed by atoms with Gasteiger partial charge in [-0.3, -0.25) is 0 Å². The number of hydrogen-bond donors (Lipinski definition) is 1. The van der Waals surface area contributed by atoms with Gasteiger partial charge >= 0.3 is 0 Å². The van der Waals surface area contributed by atoms with Crippen LogP contribution in [0.15, 0.2) is 46.9 Å². The Morgan fingerprint density at radius 1 is 1.20 bits per heavy atom. The first kappa shape index (κ1) is 15.2. The minimum atomic E-state index is 0.218. The van der Waals surface area contributed by atoms with Gasteiger partial charge in [-0.15, -0.1) is 0 Å². The highest BCUT2D eigenvalue weighted by atomic mass is 79.9. The van der Waals surface area contributed by atoms with Crippen LogP contribution in [0.2, 0.25) is 5.02 Å². The zero-order valence-corrected chi connectivity index (χ0v) is 13.8. The minimum absolute atomic E-state index is 0.218. The third-order valence-electron chi connectivity index (χ3n) is 3.17. The Balaban J connectivity index is 2.26. The van der Waals surface area contributed by atoms with Crippen molar-refractivity contribution in [3.8, 4) is 5.75 Å². The summed E-state index contributed by atoms with van der Waals surface area (Å²) in [5.41, 5.74) is 2.18. The molecule has 0 aliphatic carbocycles. The second kappa shape index (κ2) is 7.00. The molecule has 0 saturated carbocycles. The Hall–Kier alpha value is -1.19. The summed E-state index contributed by atoms with van der Waals surface area (Å²) in [4.78, 5) is 0. The maximum Gasteiger partial charge on any atom is 0.142 e. The average molecular weight is 355 g/mol. The highest BCUT2D eigenvalue weighted by molar-refractivity contribution is 9.10. The van der Waals surface area contributed by atoms with E-state index in [-0.39, 0.29) is 6.04 Å². The second-order valence-corrected chi connectivity index (χ2v) is 5.85. The minimum Gasteiger partial charge on any atom is -0.495 e. The quantitative estimate of drug-likeness (QED) is 0.746. The topological polar surface area (TPSA) is 21.3 Å². The molecule has 0 bridgehead atoms. The van der Waals surface area contributed by atoms with Gasteiger partial charge in [-0.05, 0) is 42.3 Å². The zero-order valence-electron chi connectivity index (χ0n) is 11.5. The van der Waals surface area contributed by atoms with Crippen LogP contribution >= 0.6 is 27.5 Å². The lowest BCUT2D eigenvalue weighted by Gasteiger charge is -2.20. The first-order chi connectivity index (χ1) is 9.63. The Labute approximate surface area is 133 Å². The average Bonchev–Trinajstić information content (AvgIpc) is 2.46. The van der Waals surface area contributed by atoms with Gasteiger partial charge in [-0.25, -0.2) is 0 Å². The van der Waals surface area contributed by atoms with E-state index >= 15 is 0 Å². The van der Waals surface area contributed by atoms with Crippen LogP contribution in [-0.4, -0.2) is 7.11 Å². The Kier molecular flexibility index (Phi) is 5.32. The second-order valence-electron chi connectivity index (χ2n) is 4.50. The van der Waals surface area contributed by atoms with Crippen molar-refractivity contribution in [1.29, 1.82) is 0 Å². The van der Waals surface area contributed by atoms with Crippen LogP contribution in [0.1, 0.15) is 24.9 Å². The SMILES string of the molecule is CCC(Nc1cc(Br)ccc1OC)c1ccc(Cl)cc1. The van der Waals surface area contributed by atoms with Crippen LogP contribution in [0.5, 0.6) is 5.75 Å². The highest BCUT2D eigenvalue weighted by Gasteiger charge is 2.12. The molecule has 2 nitrogen and oxygen atoms in total. The van der Waals surface area contributed by atoms with Crippen LogP contribution in [0.3, 0.4) is 0 Å². The van der Waals surface area contributed by atoms with Gasteiger partial charge in [0, 0.05) is 9.50 Å². The van der Waals surface area contributed by atoms with Crippen molar-refractivity contribution in [3.63, 3.8) is 0 Å². The molecule has 2 aromatic carbocycles. The largest absolute Gasteiger partial charge is 0.495 e. The number of methoxy groups -OCH3 is 1. The van der Waals surface area contributed by atoms with E-state index in [0.717, 1.165) is 27.4 Å². The lowest BCUT2D eigenvalue weighted by atomic mass is 10.0. The van der Waals surface area contributed by atoms with Crippen LogP contribution in [0.25, 0.3) is 0 Å². The molecule has 1 atom stereocenters. The molecule has 20 heavy (non-hydrogen) atoms. The van der Waals surface area contributed by atoms with E-state index in [1.165, 1.54) is 5.56 Å². The van der Waals surface area contributed by atoms with Gasteiger partial charge < -0.3 is 10.1 Å². The van der Waals surface area contributed by atoms with Crippen LogP contribution < -0.4 is 10.1 Å². The number of hydrogen-bond acceptors (Lipinski definition) is 2. The lowest BCUT2D eigenvalue weighted by Crippen LogP contribution is -2.10. The maximum atomic E-state index is 5.94. The first-order valence-electron chi connectivity index (χ1n) is 6.49. The predicted octanol–water partition coefficient (Wildman–Crippen LogP) is 5.67. The third-order valence-corrected chi connectivity index (χ3v) is 3.92. The Morgan fingerprint density at radius 2 is 1.90 bits per heavy atom. The normalized spacial score (nSPS) is 12.0. The first-order valence-corrected chi connectivity index (χ1v) is 7.66. The van der Waals surface area contributed by atoms with Crippen molar-refractivity contribution >= 4 is 33.2 Å². The summed E-state index contributed by atoms with van der Waals surface area (Å²) in [6, 6.07) is 14.1. The number of rotatable bonds is 5. The molecule has 0 saturated heterocycles. The molecule has 106 valence electrons. The van der Waals surface area contributed by atoms with Gasteiger partial charge in [0.05, 0.1) is 18.8 Å². The molecule has 0 radical (unpaired) electrons. The Bertz CT molecular complexity index is 571. The molecule has 0 aliphatic heterocycles. The van der Waals surface area contributed by atoms with E-state index in [9.17, 15) is 0 Å². The van der Waals surface area contributed by atoms with Crippen LogP contribution in [-0.2, 0) is 0 Å². The van der Waals surface area contributed by atoms with Crippen molar-refractivity contribution < 1.29 is 4.74 Å². The fraction of sp³-hybridized carbons (Fsp3) is 0.250. The van der Waals surface area contributed by atoms with E-state index < -0.39 is 0 Å². The molecule has 0 aromatic heterocycles. The Morgan fingerprint density at radius 3 is 2.50 bits per heavy atom. The number of benzene rings is 2. The van der Waals surface area contributed by atoms with Crippen molar-refractivity contribution in [2.45, 2.75) is 19.4 Å². The summed E-state index contributed by atoms with van der Waals surface area (Å²) in [5, 5.41) is 4.28. The van der Waals surface area contributed by atoms with Gasteiger partial charge in [0.15, 0.2) is 0 Å². The fourth-order valence-electron chi connectivity index (χ4n) is 2.10. The van der Waals surface area contributed by atoms with Crippen LogP contribution in [0.4, 0.5) is 5.69 Å². The molecule has 0 amide bonds. The third kappa shape index (κ3) is 3.68. The van der Waals surface area contributed by atoms with Gasteiger partial charge in [-0.2, -0.15) is 0 Å². The van der Waals surface area contributed by atoms with Crippen LogP contribution in [0, 0.1) is 0 Å². The van der Waals surface area contributed by atoms with Gasteiger partial charge in [0.1, 0.15) is 5.75 Å². The molecule has 0 spiro atoms. The smallest absolute Gasteiger partial charge is 0.142 e. The summed E-state index contributed by atoms with van der Waals surface area (Å²) >= 11 is 9.43. The number of ether oxygens (including phenoxy) is 1. The van der Waals surface area contributed by atoms with Crippen molar-refractivity contribution in [2.75, 3.05) is 12.4 Å². The fourth-order valence-corrected chi connectivity index (χ4v) is 2.58. The maximum absolute atomic E-state index is 5.94. The summed E-state index contributed by atoms with van der Waals surface area (Å²) in [5.74, 6) is 0.834. The van der Waals surface area contributed by atoms with E-state index in [0.29, 0.717) is 0 Å². The predicted molar refractivity (Wildman–Crippen MR) is 88.8 cm³/mol. The van der Waals surface area contributed by atoms with Gasteiger partial charge in [0.2, 0.25) is 0 Å². The van der Waals surface area contributed by atoms with Crippen molar-refractivity contribution in [1.82, 2.24) is 0 Å². The monoisotopic (exact) mass is 353 g/mol. The molecule has 0 aliphatic rings. The molecule has 0 fully saturated rings. The molecule has 2 rings (SSSR count). The van der Waals surface area contributed by atoms with E-state index in [4.69, 9.17) is 16.3 Å². The molecule has 1 unspecified atom stereocenters. The summed E-state index contributed by atoms with van der Waals surface area (Å²) in [6.45, 7) is 2.15. The van der Waals surface area contributed by atoms with E-state index in [1.54, 1.807) is 7.11 Å². The molecular formula is C16H17BrClNO. The van der Waals surface area contributed by atoms with Gasteiger partial charge in [0.25, 0.3) is 0 Å². The molecule has 2 aromatic rings. The molecular weight excluding hydrogens is 338 g/mol. The van der Waals surface area contributed by atoms with Crippen molar-refractivity contribution in [3.05, 3.63) is 57.5 Å². The lowest BCUT2D eigenvalue weighted by molar-refractivity contribution is 0.416. The molecule has 4 heteroatoms.